The van der Waals surface area contributed by atoms with Gasteiger partial charge in [-0.15, -0.1) is 0 Å². The van der Waals surface area contributed by atoms with Crippen LogP contribution in [0.15, 0.2) is 60.7 Å². The van der Waals surface area contributed by atoms with E-state index in [2.05, 4.69) is 42.5 Å². The Morgan fingerprint density at radius 1 is 0.672 bits per heavy atom. The summed E-state index contributed by atoms with van der Waals surface area (Å²) in [7, 11) is 0. The summed E-state index contributed by atoms with van der Waals surface area (Å²) in [5, 5.41) is 53.7. The zero-order valence-electron chi connectivity index (χ0n) is 36.6. The van der Waals surface area contributed by atoms with Crippen LogP contribution in [0.25, 0.3) is 0 Å². The maximum Gasteiger partial charge on any atom is 0.254 e. The molecule has 7 amide bonds. The number of hydrogen-bond donors (Lipinski definition) is 14. The van der Waals surface area contributed by atoms with Crippen molar-refractivity contribution < 1.29 is 48.9 Å². The number of carbonyl (C=O) groups is 7. The average Bonchev–Trinajstić information content (AvgIpc) is 3.26. The van der Waals surface area contributed by atoms with Crippen molar-refractivity contribution in [3.8, 4) is 0 Å². The normalized spacial score (nSPS) is 26.0. The van der Waals surface area contributed by atoms with Crippen LogP contribution < -0.4 is 59.7 Å². The van der Waals surface area contributed by atoms with Crippen molar-refractivity contribution >= 4 is 41.4 Å². The Balaban J connectivity index is 2.10. The fraction of sp³-hybridized carbons (Fsp3) is 0.558. The van der Waals surface area contributed by atoms with Gasteiger partial charge in [0.1, 0.15) is 42.5 Å². The third kappa shape index (κ3) is 16.9. The van der Waals surface area contributed by atoms with Crippen molar-refractivity contribution in [2.24, 2.45) is 23.1 Å². The first kappa shape index (κ1) is 52.8. The molecule has 64 heavy (non-hydrogen) atoms. The summed E-state index contributed by atoms with van der Waals surface area (Å²) in [5.74, 6) is -5.94. The van der Waals surface area contributed by atoms with Gasteiger partial charge in [0.25, 0.3) is 5.91 Å². The van der Waals surface area contributed by atoms with Crippen LogP contribution in [0.3, 0.4) is 0 Å². The van der Waals surface area contributed by atoms with Crippen molar-refractivity contribution in [1.82, 2.24) is 42.5 Å². The van der Waals surface area contributed by atoms with E-state index in [1.165, 1.54) is 19.1 Å². The second-order valence-electron chi connectivity index (χ2n) is 16.2. The molecule has 0 radical (unpaired) electrons. The zero-order valence-corrected chi connectivity index (χ0v) is 36.6. The highest BCUT2D eigenvalue weighted by molar-refractivity contribution is 5.97. The minimum atomic E-state index is -1.71. The molecular formula is C43H67N11O10. The summed E-state index contributed by atoms with van der Waals surface area (Å²) in [6, 6.07) is 7.37. The molecule has 3 rings (SSSR count). The molecule has 1 aliphatic rings. The van der Waals surface area contributed by atoms with Crippen molar-refractivity contribution in [2.75, 3.05) is 26.2 Å². The van der Waals surface area contributed by atoms with E-state index in [1.807, 2.05) is 13.8 Å². The Morgan fingerprint density at radius 2 is 1.17 bits per heavy atom. The van der Waals surface area contributed by atoms with Gasteiger partial charge in [-0.05, 0) is 75.7 Å². The monoisotopic (exact) mass is 898 g/mol. The van der Waals surface area contributed by atoms with Crippen LogP contribution in [-0.4, -0.2) is 137 Å². The van der Waals surface area contributed by atoms with E-state index in [4.69, 9.17) is 17.2 Å². The number of carbonyl (C=O) groups excluding carboxylic acids is 7. The highest BCUT2D eigenvalue weighted by Gasteiger charge is 2.36. The van der Waals surface area contributed by atoms with Gasteiger partial charge in [0, 0.05) is 13.0 Å². The van der Waals surface area contributed by atoms with Crippen molar-refractivity contribution in [3.05, 3.63) is 71.8 Å². The van der Waals surface area contributed by atoms with Gasteiger partial charge >= 0.3 is 0 Å². The molecule has 0 spiro atoms. The van der Waals surface area contributed by atoms with Gasteiger partial charge in [-0.2, -0.15) is 0 Å². The topological polar surface area (TPSA) is 354 Å². The minimum Gasteiger partial charge on any atom is -0.391 e. The van der Waals surface area contributed by atoms with Gasteiger partial charge in [-0.25, -0.2) is 0 Å². The van der Waals surface area contributed by atoms with E-state index in [-0.39, 0.29) is 76.2 Å². The smallest absolute Gasteiger partial charge is 0.254 e. The molecule has 1 unspecified atom stereocenters. The maximum absolute atomic E-state index is 14.2. The first-order valence-corrected chi connectivity index (χ1v) is 21.6. The Labute approximate surface area is 373 Å². The van der Waals surface area contributed by atoms with E-state index < -0.39 is 102 Å². The zero-order chi connectivity index (χ0) is 47.3. The number of aliphatic hydroxyl groups is 3. The average molecular weight is 898 g/mol. The second kappa shape index (κ2) is 26.9. The van der Waals surface area contributed by atoms with Crippen LogP contribution in [0.4, 0.5) is 0 Å². The number of aliphatic hydroxyl groups excluding tert-OH is 3. The molecule has 2 aromatic rings. The summed E-state index contributed by atoms with van der Waals surface area (Å²) in [6.07, 6.45) is -5.23. The summed E-state index contributed by atoms with van der Waals surface area (Å²) < 4.78 is 0. The van der Waals surface area contributed by atoms with Crippen LogP contribution in [0.2, 0.25) is 0 Å². The Kier molecular flexibility index (Phi) is 22.2. The Bertz CT molecular complexity index is 1820. The molecular weight excluding hydrogens is 831 g/mol. The van der Waals surface area contributed by atoms with Gasteiger partial charge in [-0.3, -0.25) is 38.9 Å². The molecule has 1 heterocycles. The molecule has 0 bridgehead atoms. The lowest BCUT2D eigenvalue weighted by Gasteiger charge is -2.31. The van der Waals surface area contributed by atoms with Gasteiger partial charge in [0.2, 0.25) is 35.4 Å². The molecule has 21 heteroatoms. The molecule has 21 nitrogen and oxygen atoms in total. The van der Waals surface area contributed by atoms with E-state index >= 15 is 0 Å². The summed E-state index contributed by atoms with van der Waals surface area (Å²) >= 11 is 0. The lowest BCUT2D eigenvalue weighted by atomic mass is 10.00. The maximum atomic E-state index is 14.2. The summed E-state index contributed by atoms with van der Waals surface area (Å²) in [6.45, 7) is 4.42. The molecule has 0 saturated carbocycles. The van der Waals surface area contributed by atoms with E-state index in [1.54, 1.807) is 48.5 Å². The van der Waals surface area contributed by atoms with Crippen molar-refractivity contribution in [3.63, 3.8) is 0 Å². The predicted octanol–water partition coefficient (Wildman–Crippen LogP) is -3.86. The predicted molar refractivity (Wildman–Crippen MR) is 236 cm³/mol. The molecule has 10 atom stereocenters. The number of amides is 7. The molecule has 2 aromatic carbocycles. The van der Waals surface area contributed by atoms with Gasteiger partial charge in [0.05, 0.1) is 12.1 Å². The molecule has 1 fully saturated rings. The molecule has 0 aliphatic carbocycles. The van der Waals surface area contributed by atoms with Crippen molar-refractivity contribution in [2.45, 2.75) is 120 Å². The van der Waals surface area contributed by atoms with E-state index in [0.29, 0.717) is 5.56 Å². The van der Waals surface area contributed by atoms with Crippen LogP contribution >= 0.6 is 0 Å². The lowest BCUT2D eigenvalue weighted by Crippen LogP contribution is -2.62. The molecule has 1 saturated heterocycles. The first-order chi connectivity index (χ1) is 30.5. The van der Waals surface area contributed by atoms with E-state index in [9.17, 15) is 48.9 Å². The lowest BCUT2D eigenvalue weighted by molar-refractivity contribution is -0.136. The fourth-order valence-corrected chi connectivity index (χ4v) is 6.98. The standard InChI is InChI=1S/C43H67N11O10/c1-24(2)22-32-40(61)50-28(14-18-44)36(57)49-30(16-20-46)39(60)54-34(25(3)55)42(63)47-21-17-31(51-43(64)35(56)27-12-8-5-9-13-27)38(59)48-29(15-19-45)37(58)53-33(41(62)52-32)23-26-10-6-4-7-11-26/h4-13,24-25,28-35,39,54-56,60H,14-23,44-46H2,1-3H3,(H,47,63)(H,48,59)(H,49,57)(H,50,61)(H,51,64)(H,52,62)(H,53,58)/t25-,28+,29+,30+,31+,32+,33-,34+,35+,39?/m1/s1. The number of hydrogen-bond acceptors (Lipinski definition) is 14. The highest BCUT2D eigenvalue weighted by atomic mass is 16.3. The third-order valence-corrected chi connectivity index (χ3v) is 10.5. The number of nitrogens with one attached hydrogen (secondary N) is 8. The molecule has 354 valence electrons. The van der Waals surface area contributed by atoms with Crippen LogP contribution in [0.1, 0.15) is 70.1 Å². The summed E-state index contributed by atoms with van der Waals surface area (Å²) in [5.41, 5.74) is 18.4. The van der Waals surface area contributed by atoms with Gasteiger partial charge in [0.15, 0.2) is 6.10 Å². The van der Waals surface area contributed by atoms with E-state index in [0.717, 1.165) is 0 Å². The fourth-order valence-electron chi connectivity index (χ4n) is 6.98. The second-order valence-corrected chi connectivity index (χ2v) is 16.2. The van der Waals surface area contributed by atoms with Crippen LogP contribution in [0.5, 0.6) is 0 Å². The van der Waals surface area contributed by atoms with Crippen molar-refractivity contribution in [1.29, 1.82) is 0 Å². The molecule has 17 N–H and O–H groups in total. The van der Waals surface area contributed by atoms with Gasteiger partial charge in [-0.1, -0.05) is 74.5 Å². The largest absolute Gasteiger partial charge is 0.391 e. The summed E-state index contributed by atoms with van der Waals surface area (Å²) in [4.78, 5) is 96.9. The Morgan fingerprint density at radius 3 is 1.73 bits per heavy atom. The number of nitrogens with two attached hydrogens (primary N) is 3. The Hall–Kier alpha value is -5.55. The molecule has 1 aliphatic heterocycles. The molecule has 0 aromatic heterocycles. The van der Waals surface area contributed by atoms with Gasteiger partial charge < -0.3 is 69.7 Å². The minimum absolute atomic E-state index is 0.0195. The number of rotatable bonds is 14. The van der Waals surface area contributed by atoms with Crippen LogP contribution in [-0.2, 0) is 40.0 Å². The SMILES string of the molecule is CC(C)C[C@@H]1NC(=O)[C@@H](Cc2ccccc2)NC(=O)[C@H](CCN)NC(=O)[C@@H](NC(=O)[C@@H](O)c2ccccc2)CCNC(=O)[C@H]([C@@H](C)O)NC(O)[C@H](CCN)NC(=O)[C@H](CCN)NC1=O. The highest BCUT2D eigenvalue weighted by Crippen LogP contribution is 2.14. The first-order valence-electron chi connectivity index (χ1n) is 21.6. The van der Waals surface area contributed by atoms with Crippen LogP contribution in [0, 0.1) is 5.92 Å². The number of benzene rings is 2. The quantitative estimate of drug-likeness (QED) is 0.0864. The third-order valence-electron chi connectivity index (χ3n) is 10.5.